The summed E-state index contributed by atoms with van der Waals surface area (Å²) < 4.78 is 5.12. The molecule has 0 saturated carbocycles. The van der Waals surface area contributed by atoms with Gasteiger partial charge in [-0.15, -0.1) is 0 Å². The number of halogens is 4. The fraction of sp³-hybridized carbons (Fsp3) is 0.261. The molecule has 0 bridgehead atoms. The van der Waals surface area contributed by atoms with Crippen molar-refractivity contribution in [2.24, 2.45) is 5.92 Å². The van der Waals surface area contributed by atoms with Crippen molar-refractivity contribution >= 4 is 87.4 Å². The molecular weight excluding hydrogens is 556 g/mol. The first-order valence-corrected chi connectivity index (χ1v) is 11.9. The minimum absolute atomic E-state index is 0.199. The van der Waals surface area contributed by atoms with Crippen LogP contribution in [0.25, 0.3) is 0 Å². The molecule has 0 fully saturated rings. The highest BCUT2D eigenvalue weighted by Crippen LogP contribution is 2.45. The molecule has 1 aliphatic heterocycles. The number of amides is 4. The molecule has 2 aromatic rings. The lowest BCUT2D eigenvalue weighted by molar-refractivity contribution is -0.152. The molecule has 0 aliphatic carbocycles. The molecule has 0 spiro atoms. The number of nitrogens with one attached hydrogen (secondary N) is 2. The molecule has 9 nitrogen and oxygen atoms in total. The van der Waals surface area contributed by atoms with Gasteiger partial charge in [0.15, 0.2) is 6.61 Å². The predicted molar refractivity (Wildman–Crippen MR) is 136 cm³/mol. The van der Waals surface area contributed by atoms with Gasteiger partial charge >= 0.3 is 5.97 Å². The summed E-state index contributed by atoms with van der Waals surface area (Å²) in [5, 5.41) is 4.20. The molecule has 36 heavy (non-hydrogen) atoms. The Labute approximate surface area is 225 Å². The molecule has 0 radical (unpaired) electrons. The van der Waals surface area contributed by atoms with Crippen molar-refractivity contribution in [3.05, 3.63) is 55.5 Å². The van der Waals surface area contributed by atoms with Gasteiger partial charge in [-0.05, 0) is 30.2 Å². The molecular formula is C23H19Cl4N3O6. The molecule has 1 aliphatic rings. The fourth-order valence-electron chi connectivity index (χ4n) is 3.55. The first-order valence-electron chi connectivity index (χ1n) is 10.4. The number of esters is 1. The van der Waals surface area contributed by atoms with E-state index in [-0.39, 0.29) is 37.1 Å². The highest BCUT2D eigenvalue weighted by Gasteiger charge is 2.48. The molecule has 1 atom stereocenters. The molecule has 190 valence electrons. The molecule has 0 saturated heterocycles. The monoisotopic (exact) mass is 573 g/mol. The second-order valence-corrected chi connectivity index (χ2v) is 9.60. The largest absolute Gasteiger partial charge is 0.454 e. The quantitative estimate of drug-likeness (QED) is 0.206. The second kappa shape index (κ2) is 11.0. The molecule has 2 N–H and O–H groups in total. The van der Waals surface area contributed by atoms with Gasteiger partial charge in [0.1, 0.15) is 6.04 Å². The standard InChI is InChI=1S/C23H19Cl4N3O6/c1-9(2)20(30-21(33)14-15(22(30)34)17(25)19(27)18(26)16(14)24)23(35)36-8-13(32)29-12-6-4-11(5-7-12)28-10(3)31/h4-7,9,20H,8H2,1-3H3,(H,28,31)(H,29,32)/t20-/m1/s1. The lowest BCUT2D eigenvalue weighted by Gasteiger charge is -2.27. The topological polar surface area (TPSA) is 122 Å². The maximum atomic E-state index is 13.1. The third-order valence-corrected chi connectivity index (χ3v) is 6.92. The minimum atomic E-state index is -1.38. The number of rotatable bonds is 7. The van der Waals surface area contributed by atoms with E-state index >= 15 is 0 Å². The second-order valence-electron chi connectivity index (χ2n) is 8.09. The molecule has 0 unspecified atom stereocenters. The van der Waals surface area contributed by atoms with E-state index in [0.29, 0.717) is 16.3 Å². The normalized spacial score (nSPS) is 13.5. The van der Waals surface area contributed by atoms with E-state index in [2.05, 4.69) is 10.6 Å². The Morgan fingerprint density at radius 2 is 1.28 bits per heavy atom. The lowest BCUT2D eigenvalue weighted by Crippen LogP contribution is -2.49. The van der Waals surface area contributed by atoms with Crippen LogP contribution < -0.4 is 10.6 Å². The van der Waals surface area contributed by atoms with Crippen LogP contribution in [0.5, 0.6) is 0 Å². The summed E-state index contributed by atoms with van der Waals surface area (Å²) in [6, 6.07) is 4.87. The number of fused-ring (bicyclic) bond motifs is 1. The van der Waals surface area contributed by atoms with Gasteiger partial charge in [-0.1, -0.05) is 60.3 Å². The average Bonchev–Trinajstić information content (AvgIpc) is 3.06. The Kier molecular flexibility index (Phi) is 8.51. The SMILES string of the molecule is CC(=O)Nc1ccc(NC(=O)COC(=O)[C@@H](C(C)C)N2C(=O)c3c(Cl)c(Cl)c(Cl)c(Cl)c3C2=O)cc1. The van der Waals surface area contributed by atoms with E-state index in [0.717, 1.165) is 0 Å². The first kappa shape index (κ1) is 27.7. The van der Waals surface area contributed by atoms with Crippen molar-refractivity contribution in [2.45, 2.75) is 26.8 Å². The van der Waals surface area contributed by atoms with E-state index in [1.54, 1.807) is 38.1 Å². The van der Waals surface area contributed by atoms with E-state index in [1.165, 1.54) is 6.92 Å². The molecule has 2 aromatic carbocycles. The van der Waals surface area contributed by atoms with Gasteiger partial charge in [0.2, 0.25) is 5.91 Å². The van der Waals surface area contributed by atoms with E-state index in [4.69, 9.17) is 51.1 Å². The summed E-state index contributed by atoms with van der Waals surface area (Å²) in [5.41, 5.74) is 0.402. The molecule has 4 amide bonds. The van der Waals surface area contributed by atoms with Crippen LogP contribution in [0.2, 0.25) is 20.1 Å². The molecule has 1 heterocycles. The van der Waals surface area contributed by atoms with Crippen molar-refractivity contribution in [3.8, 4) is 0 Å². The third-order valence-electron chi connectivity index (χ3n) is 5.12. The number of benzene rings is 2. The maximum absolute atomic E-state index is 13.1. The third kappa shape index (κ3) is 5.44. The Hall–Kier alpha value is -2.85. The fourth-order valence-corrected chi connectivity index (χ4v) is 4.57. The van der Waals surface area contributed by atoms with Crippen molar-refractivity contribution in [3.63, 3.8) is 0 Å². The van der Waals surface area contributed by atoms with Crippen molar-refractivity contribution in [2.75, 3.05) is 17.2 Å². The van der Waals surface area contributed by atoms with Crippen molar-refractivity contribution in [1.29, 1.82) is 0 Å². The summed E-state index contributed by atoms with van der Waals surface area (Å²) >= 11 is 24.4. The Morgan fingerprint density at radius 3 is 1.69 bits per heavy atom. The van der Waals surface area contributed by atoms with Gasteiger partial charge in [-0.3, -0.25) is 24.1 Å². The number of carbonyl (C=O) groups excluding carboxylic acids is 5. The van der Waals surface area contributed by atoms with Crippen LogP contribution in [0.4, 0.5) is 11.4 Å². The highest BCUT2D eigenvalue weighted by molar-refractivity contribution is 6.55. The summed E-state index contributed by atoms with van der Waals surface area (Å²) in [6.07, 6.45) is 0. The highest BCUT2D eigenvalue weighted by atomic mass is 35.5. The summed E-state index contributed by atoms with van der Waals surface area (Å²) in [4.78, 5) is 63.2. The van der Waals surface area contributed by atoms with Gasteiger partial charge in [-0.2, -0.15) is 0 Å². The van der Waals surface area contributed by atoms with Crippen molar-refractivity contribution in [1.82, 2.24) is 4.90 Å². The first-order chi connectivity index (χ1) is 16.8. The van der Waals surface area contributed by atoms with Crippen LogP contribution in [0.15, 0.2) is 24.3 Å². The van der Waals surface area contributed by atoms with Crippen LogP contribution in [0.3, 0.4) is 0 Å². The Morgan fingerprint density at radius 1 is 0.833 bits per heavy atom. The number of anilines is 2. The van der Waals surface area contributed by atoms with Gasteiger partial charge in [0.25, 0.3) is 17.7 Å². The number of hydrogen-bond donors (Lipinski definition) is 2. The predicted octanol–water partition coefficient (Wildman–Crippen LogP) is 5.06. The number of hydrogen-bond acceptors (Lipinski definition) is 6. The maximum Gasteiger partial charge on any atom is 0.330 e. The summed E-state index contributed by atoms with van der Waals surface area (Å²) in [6.45, 7) is 3.87. The van der Waals surface area contributed by atoms with Crippen LogP contribution in [0.1, 0.15) is 41.5 Å². The number of ether oxygens (including phenoxy) is 1. The van der Waals surface area contributed by atoms with Gasteiger partial charge in [0, 0.05) is 18.3 Å². The van der Waals surface area contributed by atoms with Crippen molar-refractivity contribution < 1.29 is 28.7 Å². The van der Waals surface area contributed by atoms with E-state index in [9.17, 15) is 24.0 Å². The van der Waals surface area contributed by atoms with Crippen LogP contribution in [-0.2, 0) is 19.1 Å². The summed E-state index contributed by atoms with van der Waals surface area (Å²) in [7, 11) is 0. The lowest BCUT2D eigenvalue weighted by atomic mass is 10.0. The van der Waals surface area contributed by atoms with Gasteiger partial charge in [-0.25, -0.2) is 4.79 Å². The minimum Gasteiger partial charge on any atom is -0.454 e. The molecule has 13 heteroatoms. The molecule has 3 rings (SSSR count). The van der Waals surface area contributed by atoms with Gasteiger partial charge in [0.05, 0.1) is 31.2 Å². The molecule has 0 aromatic heterocycles. The number of nitrogens with zero attached hydrogens (tertiary/aromatic N) is 1. The summed E-state index contributed by atoms with van der Waals surface area (Å²) in [5.74, 6) is -4.26. The number of carbonyl (C=O) groups is 5. The van der Waals surface area contributed by atoms with Crippen LogP contribution in [-0.4, -0.2) is 47.1 Å². The van der Waals surface area contributed by atoms with Crippen LogP contribution in [0, 0.1) is 5.92 Å². The zero-order valence-corrected chi connectivity index (χ0v) is 22.1. The Balaban J connectivity index is 1.73. The zero-order chi connectivity index (χ0) is 26.9. The Bertz CT molecular complexity index is 1230. The van der Waals surface area contributed by atoms with E-state index in [1.807, 2.05) is 0 Å². The number of imide groups is 1. The van der Waals surface area contributed by atoms with Crippen LogP contribution >= 0.6 is 46.4 Å². The van der Waals surface area contributed by atoms with Gasteiger partial charge < -0.3 is 15.4 Å². The zero-order valence-electron chi connectivity index (χ0n) is 19.1. The smallest absolute Gasteiger partial charge is 0.330 e. The average molecular weight is 575 g/mol. The van der Waals surface area contributed by atoms with E-state index < -0.39 is 42.3 Å².